The molecular weight excluding hydrogens is 346 g/mol. The van der Waals surface area contributed by atoms with Crippen LogP contribution in [0.5, 0.6) is 0 Å². The minimum absolute atomic E-state index is 0.0454. The number of carbonyl (C=O) groups is 1. The summed E-state index contributed by atoms with van der Waals surface area (Å²) < 4.78 is 10.7. The number of morpholine rings is 1. The summed E-state index contributed by atoms with van der Waals surface area (Å²) in [5.41, 5.74) is 0.906. The number of nitrogens with zero attached hydrogens (tertiary/aromatic N) is 4. The number of nitrogens with one attached hydrogen (secondary N) is 1. The molecule has 2 saturated heterocycles. The van der Waals surface area contributed by atoms with Gasteiger partial charge in [0, 0.05) is 57.9 Å². The van der Waals surface area contributed by atoms with Crippen molar-refractivity contribution < 1.29 is 14.1 Å². The SMILES string of the molecule is Cc1cc(CN2CCN(C(=O)NCC(C(C)C)N3CCOCC3)CC2)on1. The van der Waals surface area contributed by atoms with E-state index in [-0.39, 0.29) is 6.03 Å². The highest BCUT2D eigenvalue weighted by Crippen LogP contribution is 2.13. The summed E-state index contributed by atoms with van der Waals surface area (Å²) in [6.45, 7) is 14.4. The molecule has 0 bridgehead atoms. The first-order valence-corrected chi connectivity index (χ1v) is 10.0. The van der Waals surface area contributed by atoms with E-state index in [1.165, 1.54) is 0 Å². The average Bonchev–Trinajstić information content (AvgIpc) is 3.07. The molecule has 0 radical (unpaired) electrons. The first-order chi connectivity index (χ1) is 13.0. The first kappa shape index (κ1) is 20.1. The number of aryl methyl sites for hydroxylation is 1. The van der Waals surface area contributed by atoms with E-state index in [0.29, 0.717) is 18.5 Å². The number of ether oxygens (including phenoxy) is 1. The third kappa shape index (κ3) is 5.67. The molecule has 0 aliphatic carbocycles. The van der Waals surface area contributed by atoms with Gasteiger partial charge in [-0.15, -0.1) is 0 Å². The highest BCUT2D eigenvalue weighted by atomic mass is 16.5. The maximum atomic E-state index is 12.6. The molecule has 1 unspecified atom stereocenters. The van der Waals surface area contributed by atoms with Crippen molar-refractivity contribution in [2.75, 3.05) is 59.0 Å². The van der Waals surface area contributed by atoms with Crippen LogP contribution >= 0.6 is 0 Å². The molecule has 3 heterocycles. The number of rotatable bonds is 6. The zero-order valence-electron chi connectivity index (χ0n) is 16.8. The first-order valence-electron chi connectivity index (χ1n) is 10.0. The van der Waals surface area contributed by atoms with E-state index in [9.17, 15) is 4.79 Å². The summed E-state index contributed by atoms with van der Waals surface area (Å²) in [6, 6.07) is 2.37. The Labute approximate surface area is 161 Å². The van der Waals surface area contributed by atoms with Crippen LogP contribution < -0.4 is 5.32 Å². The van der Waals surface area contributed by atoms with Gasteiger partial charge in [-0.05, 0) is 12.8 Å². The zero-order valence-corrected chi connectivity index (χ0v) is 16.8. The number of carbonyl (C=O) groups excluding carboxylic acids is 1. The van der Waals surface area contributed by atoms with Crippen LogP contribution in [-0.2, 0) is 11.3 Å². The number of piperazine rings is 1. The van der Waals surface area contributed by atoms with Crippen LogP contribution in [0.15, 0.2) is 10.6 Å². The van der Waals surface area contributed by atoms with Gasteiger partial charge in [0.1, 0.15) is 0 Å². The Kier molecular flexibility index (Phi) is 7.09. The smallest absolute Gasteiger partial charge is 0.317 e. The van der Waals surface area contributed by atoms with Gasteiger partial charge in [0.15, 0.2) is 5.76 Å². The van der Waals surface area contributed by atoms with Crippen LogP contribution in [0.25, 0.3) is 0 Å². The second-order valence-corrected chi connectivity index (χ2v) is 7.84. The maximum Gasteiger partial charge on any atom is 0.317 e. The van der Waals surface area contributed by atoms with E-state index in [1.54, 1.807) is 0 Å². The largest absolute Gasteiger partial charge is 0.379 e. The van der Waals surface area contributed by atoms with E-state index in [0.717, 1.165) is 70.5 Å². The molecule has 2 fully saturated rings. The molecular formula is C19H33N5O3. The Morgan fingerprint density at radius 1 is 1.19 bits per heavy atom. The fraction of sp³-hybridized carbons (Fsp3) is 0.789. The van der Waals surface area contributed by atoms with Crippen LogP contribution in [0.2, 0.25) is 0 Å². The molecule has 0 saturated carbocycles. The standard InChI is InChI=1S/C19H33N5O3/c1-15(2)18(23-8-10-26-11-9-23)13-20-19(25)24-6-4-22(5-7-24)14-17-12-16(3)21-27-17/h12,15,18H,4-11,13-14H2,1-3H3,(H,20,25). The Morgan fingerprint density at radius 3 is 2.48 bits per heavy atom. The molecule has 0 aromatic carbocycles. The molecule has 27 heavy (non-hydrogen) atoms. The summed E-state index contributed by atoms with van der Waals surface area (Å²) >= 11 is 0. The molecule has 8 heteroatoms. The molecule has 8 nitrogen and oxygen atoms in total. The van der Waals surface area contributed by atoms with Gasteiger partial charge in [-0.3, -0.25) is 9.80 Å². The second-order valence-electron chi connectivity index (χ2n) is 7.84. The summed E-state index contributed by atoms with van der Waals surface area (Å²) in [5, 5.41) is 7.09. The lowest BCUT2D eigenvalue weighted by atomic mass is 10.0. The van der Waals surface area contributed by atoms with Gasteiger partial charge in [0.2, 0.25) is 0 Å². The lowest BCUT2D eigenvalue weighted by molar-refractivity contribution is 0.00681. The van der Waals surface area contributed by atoms with E-state index in [1.807, 2.05) is 17.9 Å². The molecule has 1 aromatic rings. The quantitative estimate of drug-likeness (QED) is 0.800. The highest BCUT2D eigenvalue weighted by Gasteiger charge is 2.26. The lowest BCUT2D eigenvalue weighted by Crippen LogP contribution is -2.55. The molecule has 1 atom stereocenters. The normalized spacial score (nSPS) is 20.8. The molecule has 2 aliphatic rings. The highest BCUT2D eigenvalue weighted by molar-refractivity contribution is 5.74. The summed E-state index contributed by atoms with van der Waals surface area (Å²) in [4.78, 5) is 19.3. The number of hydrogen-bond donors (Lipinski definition) is 1. The van der Waals surface area contributed by atoms with Gasteiger partial charge in [0.05, 0.1) is 25.5 Å². The molecule has 152 valence electrons. The third-order valence-corrected chi connectivity index (χ3v) is 5.46. The number of hydrogen-bond acceptors (Lipinski definition) is 6. The van der Waals surface area contributed by atoms with Crippen LogP contribution in [0.3, 0.4) is 0 Å². The van der Waals surface area contributed by atoms with Crippen molar-refractivity contribution in [1.29, 1.82) is 0 Å². The van der Waals surface area contributed by atoms with E-state index in [2.05, 4.69) is 34.1 Å². The van der Waals surface area contributed by atoms with Gasteiger partial charge >= 0.3 is 6.03 Å². The van der Waals surface area contributed by atoms with Crippen molar-refractivity contribution in [2.24, 2.45) is 5.92 Å². The summed E-state index contributed by atoms with van der Waals surface area (Å²) in [5.74, 6) is 1.38. The number of aromatic nitrogens is 1. The van der Waals surface area contributed by atoms with Gasteiger partial charge in [0.25, 0.3) is 0 Å². The average molecular weight is 380 g/mol. The van der Waals surface area contributed by atoms with Crippen LogP contribution in [0, 0.1) is 12.8 Å². The third-order valence-electron chi connectivity index (χ3n) is 5.46. The molecule has 1 N–H and O–H groups in total. The Balaban J connectivity index is 1.41. The Bertz CT molecular complexity index is 592. The fourth-order valence-corrected chi connectivity index (χ4v) is 3.82. The molecule has 2 aliphatic heterocycles. The van der Waals surface area contributed by atoms with Crippen molar-refractivity contribution in [3.8, 4) is 0 Å². The van der Waals surface area contributed by atoms with Gasteiger partial charge < -0.3 is 19.5 Å². The maximum absolute atomic E-state index is 12.6. The van der Waals surface area contributed by atoms with Crippen LogP contribution in [0.1, 0.15) is 25.3 Å². The molecule has 0 spiro atoms. The number of amides is 2. The summed E-state index contributed by atoms with van der Waals surface area (Å²) in [7, 11) is 0. The molecule has 2 amide bonds. The van der Waals surface area contributed by atoms with Gasteiger partial charge in [-0.1, -0.05) is 19.0 Å². The minimum Gasteiger partial charge on any atom is -0.379 e. The van der Waals surface area contributed by atoms with Crippen molar-refractivity contribution in [3.63, 3.8) is 0 Å². The van der Waals surface area contributed by atoms with Crippen molar-refractivity contribution in [2.45, 2.75) is 33.4 Å². The fourth-order valence-electron chi connectivity index (χ4n) is 3.82. The Hall–Kier alpha value is -1.64. The van der Waals surface area contributed by atoms with E-state index >= 15 is 0 Å². The van der Waals surface area contributed by atoms with Crippen molar-refractivity contribution >= 4 is 6.03 Å². The number of urea groups is 1. The Morgan fingerprint density at radius 2 is 1.89 bits per heavy atom. The van der Waals surface area contributed by atoms with E-state index in [4.69, 9.17) is 9.26 Å². The van der Waals surface area contributed by atoms with Gasteiger partial charge in [-0.25, -0.2) is 4.79 Å². The predicted octanol–water partition coefficient (Wildman–Crippen LogP) is 1.17. The van der Waals surface area contributed by atoms with E-state index < -0.39 is 0 Å². The van der Waals surface area contributed by atoms with Crippen LogP contribution in [0.4, 0.5) is 4.79 Å². The zero-order chi connectivity index (χ0) is 19.2. The molecule has 3 rings (SSSR count). The molecule has 1 aromatic heterocycles. The topological polar surface area (TPSA) is 74.1 Å². The second kappa shape index (κ2) is 9.52. The summed E-state index contributed by atoms with van der Waals surface area (Å²) in [6.07, 6.45) is 0. The van der Waals surface area contributed by atoms with Crippen LogP contribution in [-0.4, -0.2) is 91.0 Å². The predicted molar refractivity (Wildman–Crippen MR) is 103 cm³/mol. The van der Waals surface area contributed by atoms with Crippen molar-refractivity contribution in [1.82, 2.24) is 25.2 Å². The lowest BCUT2D eigenvalue weighted by Gasteiger charge is -2.38. The minimum atomic E-state index is 0.0454. The van der Waals surface area contributed by atoms with Gasteiger partial charge in [-0.2, -0.15) is 0 Å². The van der Waals surface area contributed by atoms with Crippen molar-refractivity contribution in [3.05, 3.63) is 17.5 Å². The monoisotopic (exact) mass is 379 g/mol.